The molecule has 106 valence electrons. The van der Waals surface area contributed by atoms with E-state index in [-0.39, 0.29) is 0 Å². The molecule has 0 aliphatic rings. The first kappa shape index (κ1) is 14.2. The van der Waals surface area contributed by atoms with E-state index in [1.807, 2.05) is 25.1 Å². The third kappa shape index (κ3) is 3.20. The molecule has 2 aromatic heterocycles. The van der Waals surface area contributed by atoms with Crippen molar-refractivity contribution in [2.45, 2.75) is 20.8 Å². The Labute approximate surface area is 119 Å². The predicted molar refractivity (Wildman–Crippen MR) is 80.8 cm³/mol. The van der Waals surface area contributed by atoms with Crippen molar-refractivity contribution in [3.05, 3.63) is 24.4 Å². The summed E-state index contributed by atoms with van der Waals surface area (Å²) >= 11 is 0. The van der Waals surface area contributed by atoms with Crippen molar-refractivity contribution in [3.63, 3.8) is 0 Å². The van der Waals surface area contributed by atoms with Crippen LogP contribution in [0.2, 0.25) is 0 Å². The molecule has 6 nitrogen and oxygen atoms in total. The normalized spacial score (nSPS) is 10.3. The molecule has 0 fully saturated rings. The first-order valence-electron chi connectivity index (χ1n) is 6.94. The topological polar surface area (TPSA) is 66.8 Å². The van der Waals surface area contributed by atoms with Gasteiger partial charge >= 0.3 is 0 Å². The van der Waals surface area contributed by atoms with Crippen molar-refractivity contribution in [3.8, 4) is 11.5 Å². The predicted octanol–water partition coefficient (Wildman–Crippen LogP) is 2.21. The minimum absolute atomic E-state index is 0.588. The second kappa shape index (κ2) is 6.79. The highest BCUT2D eigenvalue weighted by Crippen LogP contribution is 2.17. The quantitative estimate of drug-likeness (QED) is 0.869. The number of hydrogen-bond acceptors (Lipinski definition) is 6. The Balaban J connectivity index is 2.46. The lowest BCUT2D eigenvalue weighted by Gasteiger charge is -2.19. The highest BCUT2D eigenvalue weighted by Gasteiger charge is 2.12. The Morgan fingerprint density at radius 1 is 1.05 bits per heavy atom. The number of aromatic nitrogens is 4. The van der Waals surface area contributed by atoms with Gasteiger partial charge in [0.1, 0.15) is 5.69 Å². The van der Waals surface area contributed by atoms with Crippen LogP contribution in [-0.4, -0.2) is 39.6 Å². The Bertz CT molecular complexity index is 539. The van der Waals surface area contributed by atoms with Crippen LogP contribution in [0.5, 0.6) is 0 Å². The molecule has 0 aliphatic heterocycles. The van der Waals surface area contributed by atoms with Crippen LogP contribution in [0.25, 0.3) is 11.5 Å². The van der Waals surface area contributed by atoms with E-state index in [0.717, 1.165) is 25.3 Å². The highest BCUT2D eigenvalue weighted by molar-refractivity contribution is 5.53. The van der Waals surface area contributed by atoms with Gasteiger partial charge in [-0.3, -0.25) is 4.98 Å². The van der Waals surface area contributed by atoms with Crippen LogP contribution in [0.1, 0.15) is 20.8 Å². The molecule has 0 unspecified atom stereocenters. The minimum Gasteiger partial charge on any atom is -0.354 e. The number of hydrogen-bond donors (Lipinski definition) is 1. The molecule has 0 aliphatic carbocycles. The molecule has 0 atom stereocenters. The van der Waals surface area contributed by atoms with Crippen molar-refractivity contribution in [1.29, 1.82) is 0 Å². The molecule has 6 heteroatoms. The molecular formula is C14H20N6. The smallest absolute Gasteiger partial charge is 0.230 e. The van der Waals surface area contributed by atoms with Crippen molar-refractivity contribution in [2.24, 2.45) is 0 Å². The Kier molecular flexibility index (Phi) is 4.81. The van der Waals surface area contributed by atoms with Gasteiger partial charge in [0.15, 0.2) is 5.82 Å². The highest BCUT2D eigenvalue weighted by atomic mass is 15.3. The van der Waals surface area contributed by atoms with E-state index < -0.39 is 0 Å². The fourth-order valence-corrected chi connectivity index (χ4v) is 1.86. The van der Waals surface area contributed by atoms with Crippen molar-refractivity contribution >= 4 is 11.9 Å². The van der Waals surface area contributed by atoms with Gasteiger partial charge in [0.05, 0.1) is 0 Å². The largest absolute Gasteiger partial charge is 0.354 e. The fourth-order valence-electron chi connectivity index (χ4n) is 1.86. The van der Waals surface area contributed by atoms with Crippen LogP contribution in [0.4, 0.5) is 11.9 Å². The lowest BCUT2D eigenvalue weighted by molar-refractivity contribution is 0.813. The second-order valence-corrected chi connectivity index (χ2v) is 4.20. The Morgan fingerprint density at radius 2 is 1.85 bits per heavy atom. The first-order chi connectivity index (χ1) is 9.78. The maximum Gasteiger partial charge on any atom is 0.230 e. The van der Waals surface area contributed by atoms with Crippen LogP contribution in [0.3, 0.4) is 0 Å². The van der Waals surface area contributed by atoms with Crippen molar-refractivity contribution < 1.29 is 0 Å². The molecule has 0 aromatic carbocycles. The van der Waals surface area contributed by atoms with Gasteiger partial charge in [-0.2, -0.15) is 15.0 Å². The molecule has 0 amide bonds. The lowest BCUT2D eigenvalue weighted by Crippen LogP contribution is -2.25. The molecule has 0 saturated heterocycles. The molecule has 0 radical (unpaired) electrons. The van der Waals surface area contributed by atoms with Crippen LogP contribution in [0, 0.1) is 0 Å². The van der Waals surface area contributed by atoms with Crippen LogP contribution >= 0.6 is 0 Å². The van der Waals surface area contributed by atoms with Crippen LogP contribution in [-0.2, 0) is 0 Å². The minimum atomic E-state index is 0.588. The molecule has 0 saturated carbocycles. The summed E-state index contributed by atoms with van der Waals surface area (Å²) in [5.74, 6) is 1.87. The van der Waals surface area contributed by atoms with Gasteiger partial charge in [-0.1, -0.05) is 6.07 Å². The molecule has 0 bridgehead atoms. The molecule has 1 N–H and O–H groups in total. The summed E-state index contributed by atoms with van der Waals surface area (Å²) in [6.45, 7) is 8.66. The monoisotopic (exact) mass is 272 g/mol. The molecular weight excluding hydrogens is 252 g/mol. The molecule has 2 rings (SSSR count). The number of anilines is 2. The summed E-state index contributed by atoms with van der Waals surface area (Å²) in [5.41, 5.74) is 0.752. The number of nitrogens with zero attached hydrogens (tertiary/aromatic N) is 5. The zero-order chi connectivity index (χ0) is 14.4. The zero-order valence-corrected chi connectivity index (χ0v) is 12.2. The number of pyridine rings is 1. The maximum atomic E-state index is 4.53. The van der Waals surface area contributed by atoms with Gasteiger partial charge in [0.2, 0.25) is 11.9 Å². The van der Waals surface area contributed by atoms with Gasteiger partial charge in [-0.05, 0) is 32.9 Å². The average molecular weight is 272 g/mol. The van der Waals surface area contributed by atoms with Crippen LogP contribution in [0.15, 0.2) is 24.4 Å². The van der Waals surface area contributed by atoms with Gasteiger partial charge in [-0.15, -0.1) is 0 Å². The molecule has 0 spiro atoms. The van der Waals surface area contributed by atoms with E-state index >= 15 is 0 Å². The van der Waals surface area contributed by atoms with E-state index in [9.17, 15) is 0 Å². The van der Waals surface area contributed by atoms with E-state index in [4.69, 9.17) is 0 Å². The Hall–Kier alpha value is -2.24. The first-order valence-corrected chi connectivity index (χ1v) is 6.94. The van der Waals surface area contributed by atoms with Gasteiger partial charge in [0.25, 0.3) is 0 Å². The van der Waals surface area contributed by atoms with Gasteiger partial charge in [-0.25, -0.2) is 0 Å². The Morgan fingerprint density at radius 3 is 2.45 bits per heavy atom. The molecule has 20 heavy (non-hydrogen) atoms. The van der Waals surface area contributed by atoms with E-state index in [2.05, 4.69) is 44.0 Å². The van der Waals surface area contributed by atoms with Crippen LogP contribution < -0.4 is 10.2 Å². The summed E-state index contributed by atoms with van der Waals surface area (Å²) < 4.78 is 0. The fraction of sp³-hybridized carbons (Fsp3) is 0.429. The van der Waals surface area contributed by atoms with E-state index in [1.54, 1.807) is 6.20 Å². The van der Waals surface area contributed by atoms with E-state index in [1.165, 1.54) is 0 Å². The summed E-state index contributed by atoms with van der Waals surface area (Å²) in [7, 11) is 0. The number of rotatable bonds is 6. The maximum absolute atomic E-state index is 4.53. The summed E-state index contributed by atoms with van der Waals surface area (Å²) in [5, 5.41) is 3.14. The molecule has 2 heterocycles. The van der Waals surface area contributed by atoms with E-state index in [0.29, 0.717) is 17.7 Å². The number of nitrogens with one attached hydrogen (secondary N) is 1. The third-order valence-electron chi connectivity index (χ3n) is 2.90. The summed E-state index contributed by atoms with van der Waals surface area (Å²) in [4.78, 5) is 19.8. The second-order valence-electron chi connectivity index (χ2n) is 4.20. The third-order valence-corrected chi connectivity index (χ3v) is 2.90. The zero-order valence-electron chi connectivity index (χ0n) is 12.2. The summed E-state index contributed by atoms with van der Waals surface area (Å²) in [6, 6.07) is 5.70. The average Bonchev–Trinajstić information content (AvgIpc) is 2.50. The van der Waals surface area contributed by atoms with Crippen molar-refractivity contribution in [1.82, 2.24) is 19.9 Å². The standard InChI is InChI=1S/C14H20N6/c1-4-15-13-17-12(11-9-7-8-10-16-11)18-14(19-13)20(5-2)6-3/h7-10H,4-6H2,1-3H3,(H,15,17,18,19). The molecule has 2 aromatic rings. The van der Waals surface area contributed by atoms with Crippen molar-refractivity contribution in [2.75, 3.05) is 29.9 Å². The lowest BCUT2D eigenvalue weighted by atomic mass is 10.3. The summed E-state index contributed by atoms with van der Waals surface area (Å²) in [6.07, 6.45) is 1.74. The van der Waals surface area contributed by atoms with Gasteiger partial charge in [0, 0.05) is 25.8 Å². The SMILES string of the molecule is CCNc1nc(-c2ccccn2)nc(N(CC)CC)n1. The van der Waals surface area contributed by atoms with Gasteiger partial charge < -0.3 is 10.2 Å².